The molecule has 6 heteroatoms. The van der Waals surface area contributed by atoms with Gasteiger partial charge < -0.3 is 10.8 Å². The minimum absolute atomic E-state index is 0.126. The van der Waals surface area contributed by atoms with Crippen LogP contribution in [0, 0.1) is 0 Å². The Balaban J connectivity index is 2.94. The SMILES string of the molecule is Cn1cc(C(N)CCO)c(C(F)F)n1. The van der Waals surface area contributed by atoms with Gasteiger partial charge in [-0.2, -0.15) is 5.10 Å². The lowest BCUT2D eigenvalue weighted by Gasteiger charge is -2.08. The molecule has 0 radical (unpaired) electrons. The molecule has 0 saturated heterocycles. The van der Waals surface area contributed by atoms with Gasteiger partial charge in [0.1, 0.15) is 5.69 Å². The Labute approximate surface area is 80.3 Å². The van der Waals surface area contributed by atoms with E-state index in [1.54, 1.807) is 7.05 Å². The van der Waals surface area contributed by atoms with Crippen LogP contribution in [-0.2, 0) is 7.05 Å². The van der Waals surface area contributed by atoms with Crippen LogP contribution in [0.1, 0.15) is 30.1 Å². The number of nitrogens with zero attached hydrogens (tertiary/aromatic N) is 2. The van der Waals surface area contributed by atoms with Crippen LogP contribution in [0.25, 0.3) is 0 Å². The Bertz CT molecular complexity index is 301. The Kier molecular flexibility index (Phi) is 3.54. The second-order valence-electron chi connectivity index (χ2n) is 3.06. The zero-order chi connectivity index (χ0) is 10.7. The molecule has 1 atom stereocenters. The first kappa shape index (κ1) is 11.1. The molecule has 0 fully saturated rings. The van der Waals surface area contributed by atoms with Crippen molar-refractivity contribution in [2.45, 2.75) is 18.9 Å². The number of halogens is 2. The third kappa shape index (κ3) is 2.27. The number of nitrogens with two attached hydrogens (primary N) is 1. The number of alkyl halides is 2. The van der Waals surface area contributed by atoms with E-state index in [0.717, 1.165) is 0 Å². The average Bonchev–Trinajstić information content (AvgIpc) is 2.48. The van der Waals surface area contributed by atoms with Gasteiger partial charge in [0, 0.05) is 31.5 Å². The van der Waals surface area contributed by atoms with Crippen molar-refractivity contribution in [2.75, 3.05) is 6.61 Å². The maximum absolute atomic E-state index is 12.4. The van der Waals surface area contributed by atoms with Crippen LogP contribution in [0.3, 0.4) is 0 Å². The van der Waals surface area contributed by atoms with Crippen molar-refractivity contribution in [1.82, 2.24) is 9.78 Å². The minimum atomic E-state index is -2.63. The number of aliphatic hydroxyl groups is 1. The lowest BCUT2D eigenvalue weighted by atomic mass is 10.1. The van der Waals surface area contributed by atoms with Crippen molar-refractivity contribution in [2.24, 2.45) is 12.8 Å². The van der Waals surface area contributed by atoms with E-state index >= 15 is 0 Å². The predicted octanol–water partition coefficient (Wildman–Crippen LogP) is 0.740. The molecule has 0 spiro atoms. The van der Waals surface area contributed by atoms with Gasteiger partial charge in [-0.05, 0) is 6.42 Å². The highest BCUT2D eigenvalue weighted by Gasteiger charge is 2.21. The molecule has 0 saturated carbocycles. The summed E-state index contributed by atoms with van der Waals surface area (Å²) in [6.07, 6.45) is -0.913. The number of hydrogen-bond acceptors (Lipinski definition) is 3. The Morgan fingerprint density at radius 2 is 2.29 bits per heavy atom. The highest BCUT2D eigenvalue weighted by molar-refractivity contribution is 5.22. The van der Waals surface area contributed by atoms with Gasteiger partial charge in [0.2, 0.25) is 0 Å². The lowest BCUT2D eigenvalue weighted by molar-refractivity contribution is 0.143. The van der Waals surface area contributed by atoms with Crippen molar-refractivity contribution in [3.05, 3.63) is 17.5 Å². The predicted molar refractivity (Wildman–Crippen MR) is 46.8 cm³/mol. The summed E-state index contributed by atoms with van der Waals surface area (Å²) in [5.74, 6) is 0. The molecule has 1 aromatic rings. The lowest BCUT2D eigenvalue weighted by Crippen LogP contribution is -2.13. The standard InChI is InChI=1S/C8H13F2N3O/c1-13-4-5(6(11)2-3-14)7(12-13)8(9)10/h4,6,8,14H,2-3,11H2,1H3. The molecule has 14 heavy (non-hydrogen) atoms. The fourth-order valence-electron chi connectivity index (χ4n) is 1.27. The van der Waals surface area contributed by atoms with Gasteiger partial charge in [-0.15, -0.1) is 0 Å². The largest absolute Gasteiger partial charge is 0.396 e. The molecule has 4 nitrogen and oxygen atoms in total. The first-order valence-electron chi connectivity index (χ1n) is 4.24. The number of aryl methyl sites for hydroxylation is 1. The Morgan fingerprint density at radius 1 is 1.64 bits per heavy atom. The van der Waals surface area contributed by atoms with Crippen LogP contribution in [-0.4, -0.2) is 21.5 Å². The molecular formula is C8H13F2N3O. The van der Waals surface area contributed by atoms with Crippen LogP contribution in [0.15, 0.2) is 6.20 Å². The highest BCUT2D eigenvalue weighted by Crippen LogP contribution is 2.25. The number of aliphatic hydroxyl groups excluding tert-OH is 1. The molecule has 80 valence electrons. The quantitative estimate of drug-likeness (QED) is 0.762. The zero-order valence-corrected chi connectivity index (χ0v) is 7.82. The van der Waals surface area contributed by atoms with Crippen molar-refractivity contribution < 1.29 is 13.9 Å². The molecule has 0 aliphatic heterocycles. The first-order valence-corrected chi connectivity index (χ1v) is 4.24. The maximum Gasteiger partial charge on any atom is 0.282 e. The number of hydrogen-bond donors (Lipinski definition) is 2. The Morgan fingerprint density at radius 3 is 2.79 bits per heavy atom. The van der Waals surface area contributed by atoms with Crippen LogP contribution >= 0.6 is 0 Å². The second kappa shape index (κ2) is 4.47. The smallest absolute Gasteiger partial charge is 0.282 e. The molecule has 1 rings (SSSR count). The van der Waals surface area contributed by atoms with Gasteiger partial charge >= 0.3 is 0 Å². The van der Waals surface area contributed by atoms with Gasteiger partial charge in [-0.3, -0.25) is 4.68 Å². The molecule has 0 aliphatic rings. The summed E-state index contributed by atoms with van der Waals surface area (Å²) in [5.41, 5.74) is 5.62. The van der Waals surface area contributed by atoms with Gasteiger partial charge in [0.15, 0.2) is 0 Å². The van der Waals surface area contributed by atoms with E-state index in [0.29, 0.717) is 5.56 Å². The van der Waals surface area contributed by atoms with E-state index in [4.69, 9.17) is 10.8 Å². The van der Waals surface area contributed by atoms with Gasteiger partial charge in [-0.25, -0.2) is 8.78 Å². The topological polar surface area (TPSA) is 64.1 Å². The van der Waals surface area contributed by atoms with Crippen molar-refractivity contribution >= 4 is 0 Å². The summed E-state index contributed by atoms with van der Waals surface area (Å²) in [6.45, 7) is -0.126. The van der Waals surface area contributed by atoms with Crippen LogP contribution in [0.2, 0.25) is 0 Å². The Hall–Kier alpha value is -1.01. The normalized spacial score (nSPS) is 13.6. The van der Waals surface area contributed by atoms with Crippen molar-refractivity contribution in [3.63, 3.8) is 0 Å². The number of aromatic nitrogens is 2. The van der Waals surface area contributed by atoms with Crippen molar-refractivity contribution in [1.29, 1.82) is 0 Å². The molecule has 1 heterocycles. The summed E-state index contributed by atoms with van der Waals surface area (Å²) in [6, 6.07) is -0.585. The summed E-state index contributed by atoms with van der Waals surface area (Å²) in [5, 5.41) is 12.3. The molecular weight excluding hydrogens is 192 g/mol. The van der Waals surface area contributed by atoms with Gasteiger partial charge in [0.25, 0.3) is 6.43 Å². The third-order valence-corrected chi connectivity index (χ3v) is 1.93. The van der Waals surface area contributed by atoms with Crippen LogP contribution < -0.4 is 5.73 Å². The molecule has 1 unspecified atom stereocenters. The van der Waals surface area contributed by atoms with E-state index < -0.39 is 12.5 Å². The third-order valence-electron chi connectivity index (χ3n) is 1.93. The fraction of sp³-hybridized carbons (Fsp3) is 0.625. The summed E-state index contributed by atoms with van der Waals surface area (Å²) < 4.78 is 26.2. The fourth-order valence-corrected chi connectivity index (χ4v) is 1.27. The van der Waals surface area contributed by atoms with Gasteiger partial charge in [-0.1, -0.05) is 0 Å². The molecule has 3 N–H and O–H groups in total. The van der Waals surface area contributed by atoms with Crippen LogP contribution in [0.4, 0.5) is 8.78 Å². The van der Waals surface area contributed by atoms with Gasteiger partial charge in [0.05, 0.1) is 0 Å². The molecule has 0 aliphatic carbocycles. The highest BCUT2D eigenvalue weighted by atomic mass is 19.3. The van der Waals surface area contributed by atoms with E-state index in [9.17, 15) is 8.78 Å². The van der Waals surface area contributed by atoms with E-state index in [1.807, 2.05) is 0 Å². The first-order chi connectivity index (χ1) is 6.56. The number of rotatable bonds is 4. The molecule has 0 bridgehead atoms. The zero-order valence-electron chi connectivity index (χ0n) is 7.82. The average molecular weight is 205 g/mol. The molecule has 0 aromatic carbocycles. The molecule has 1 aromatic heterocycles. The summed E-state index contributed by atoms with van der Waals surface area (Å²) in [4.78, 5) is 0. The van der Waals surface area contributed by atoms with Crippen molar-refractivity contribution in [3.8, 4) is 0 Å². The van der Waals surface area contributed by atoms with Crippen LogP contribution in [0.5, 0.6) is 0 Å². The monoisotopic (exact) mass is 205 g/mol. The second-order valence-corrected chi connectivity index (χ2v) is 3.06. The summed E-state index contributed by atoms with van der Waals surface area (Å²) in [7, 11) is 1.56. The summed E-state index contributed by atoms with van der Waals surface area (Å²) >= 11 is 0. The minimum Gasteiger partial charge on any atom is -0.396 e. The van der Waals surface area contributed by atoms with E-state index in [2.05, 4.69) is 5.10 Å². The van der Waals surface area contributed by atoms with E-state index in [1.165, 1.54) is 10.9 Å². The maximum atomic E-state index is 12.4. The molecule has 0 amide bonds. The van der Waals surface area contributed by atoms with E-state index in [-0.39, 0.29) is 18.7 Å².